The first-order valence-corrected chi connectivity index (χ1v) is 4.38. The molecule has 0 bridgehead atoms. The van der Waals surface area contributed by atoms with Crippen LogP contribution in [0.25, 0.3) is 0 Å². The highest BCUT2D eigenvalue weighted by Crippen LogP contribution is 2.29. The molecule has 0 saturated heterocycles. The van der Waals surface area contributed by atoms with Gasteiger partial charge in [-0.2, -0.15) is 4.98 Å². The zero-order valence-corrected chi connectivity index (χ0v) is 7.45. The molecule has 4 heteroatoms. The number of anilines is 1. The summed E-state index contributed by atoms with van der Waals surface area (Å²) in [6.07, 6.45) is 2.53. The van der Waals surface area contributed by atoms with E-state index in [0.29, 0.717) is 11.9 Å². The van der Waals surface area contributed by atoms with Gasteiger partial charge in [0.1, 0.15) is 0 Å². The van der Waals surface area contributed by atoms with Gasteiger partial charge in [-0.1, -0.05) is 0 Å². The van der Waals surface area contributed by atoms with Crippen molar-refractivity contribution >= 4 is 5.95 Å². The molecule has 4 nitrogen and oxygen atoms in total. The summed E-state index contributed by atoms with van der Waals surface area (Å²) in [4.78, 5) is 6.38. The van der Waals surface area contributed by atoms with Gasteiger partial charge in [-0.25, -0.2) is 0 Å². The molecule has 1 fully saturated rings. The quantitative estimate of drug-likeness (QED) is 0.681. The van der Waals surface area contributed by atoms with E-state index in [1.807, 2.05) is 6.92 Å². The van der Waals surface area contributed by atoms with Crippen molar-refractivity contribution in [3.8, 4) is 0 Å². The number of nitrogens with zero attached hydrogens (tertiary/aromatic N) is 3. The topological polar surface area (TPSA) is 42.2 Å². The lowest BCUT2D eigenvalue weighted by atomic mass is 10.5. The molecule has 66 valence electrons. The Hall–Kier alpha value is -1.06. The van der Waals surface area contributed by atoms with Gasteiger partial charge < -0.3 is 9.42 Å². The lowest BCUT2D eigenvalue weighted by Gasteiger charge is -2.16. The minimum Gasteiger partial charge on any atom is -0.338 e. The molecule has 0 aromatic carbocycles. The Bertz CT molecular complexity index is 267. The van der Waals surface area contributed by atoms with Crippen molar-refractivity contribution < 1.29 is 4.52 Å². The molecule has 1 heterocycles. The Morgan fingerprint density at radius 1 is 1.58 bits per heavy atom. The molecule has 1 aliphatic rings. The van der Waals surface area contributed by atoms with Crippen molar-refractivity contribution in [1.29, 1.82) is 0 Å². The maximum Gasteiger partial charge on any atom is 0.266 e. The van der Waals surface area contributed by atoms with Gasteiger partial charge in [-0.3, -0.25) is 0 Å². The molecule has 0 atom stereocenters. The third-order valence-electron chi connectivity index (χ3n) is 2.10. The van der Waals surface area contributed by atoms with Crippen molar-refractivity contribution in [1.82, 2.24) is 10.1 Å². The molecule has 1 aromatic rings. The van der Waals surface area contributed by atoms with E-state index in [4.69, 9.17) is 4.52 Å². The first-order chi connectivity index (χ1) is 5.81. The minimum absolute atomic E-state index is 0.643. The smallest absolute Gasteiger partial charge is 0.266 e. The molecular weight excluding hydrogens is 154 g/mol. The van der Waals surface area contributed by atoms with E-state index < -0.39 is 0 Å². The van der Waals surface area contributed by atoms with Crippen LogP contribution in [0.3, 0.4) is 0 Å². The van der Waals surface area contributed by atoms with Gasteiger partial charge in [0, 0.05) is 19.5 Å². The second-order valence-corrected chi connectivity index (χ2v) is 3.13. The fourth-order valence-electron chi connectivity index (χ4n) is 1.35. The standard InChI is InChI=1S/C8H13N3O/c1-3-11(7-4-5-7)8-9-6(2)12-10-8/h7H,3-5H2,1-2H3. The summed E-state index contributed by atoms with van der Waals surface area (Å²) in [5, 5.41) is 3.89. The van der Waals surface area contributed by atoms with Crippen LogP contribution in [0.2, 0.25) is 0 Å². The van der Waals surface area contributed by atoms with Gasteiger partial charge in [0.2, 0.25) is 5.89 Å². The van der Waals surface area contributed by atoms with Crippen LogP contribution in [-0.2, 0) is 0 Å². The van der Waals surface area contributed by atoms with Gasteiger partial charge in [0.05, 0.1) is 0 Å². The van der Waals surface area contributed by atoms with E-state index in [0.717, 1.165) is 12.5 Å². The van der Waals surface area contributed by atoms with Crippen LogP contribution in [-0.4, -0.2) is 22.7 Å². The van der Waals surface area contributed by atoms with Crippen molar-refractivity contribution in [3.63, 3.8) is 0 Å². The summed E-state index contributed by atoms with van der Waals surface area (Å²) in [6, 6.07) is 0.659. The fraction of sp³-hybridized carbons (Fsp3) is 0.750. The monoisotopic (exact) mass is 167 g/mol. The van der Waals surface area contributed by atoms with Crippen LogP contribution in [0.1, 0.15) is 25.7 Å². The molecule has 0 aliphatic heterocycles. The Morgan fingerprint density at radius 3 is 2.75 bits per heavy atom. The molecule has 1 aliphatic carbocycles. The summed E-state index contributed by atoms with van der Waals surface area (Å²) < 4.78 is 4.92. The van der Waals surface area contributed by atoms with Gasteiger partial charge in [0.25, 0.3) is 5.95 Å². The van der Waals surface area contributed by atoms with Crippen molar-refractivity contribution in [2.75, 3.05) is 11.4 Å². The Kier molecular flexibility index (Phi) is 1.75. The van der Waals surface area contributed by atoms with Crippen LogP contribution in [0, 0.1) is 6.92 Å². The third kappa shape index (κ3) is 1.29. The first kappa shape index (κ1) is 7.58. The second kappa shape index (κ2) is 2.77. The van der Waals surface area contributed by atoms with Crippen LogP contribution in [0.5, 0.6) is 0 Å². The summed E-state index contributed by atoms with van der Waals surface area (Å²) in [7, 11) is 0. The average Bonchev–Trinajstić information content (AvgIpc) is 2.78. The number of aryl methyl sites for hydroxylation is 1. The van der Waals surface area contributed by atoms with Gasteiger partial charge in [-0.15, -0.1) is 0 Å². The molecule has 1 saturated carbocycles. The normalized spacial score (nSPS) is 16.5. The highest BCUT2D eigenvalue weighted by molar-refractivity contribution is 5.31. The molecular formula is C8H13N3O. The van der Waals surface area contributed by atoms with Gasteiger partial charge in [0.15, 0.2) is 0 Å². The number of aromatic nitrogens is 2. The highest BCUT2D eigenvalue weighted by atomic mass is 16.5. The largest absolute Gasteiger partial charge is 0.338 e. The molecule has 0 spiro atoms. The van der Waals surface area contributed by atoms with Crippen molar-refractivity contribution in [3.05, 3.63) is 5.89 Å². The van der Waals surface area contributed by atoms with E-state index in [9.17, 15) is 0 Å². The minimum atomic E-state index is 0.643. The fourth-order valence-corrected chi connectivity index (χ4v) is 1.35. The lowest BCUT2D eigenvalue weighted by molar-refractivity contribution is 0.392. The lowest BCUT2D eigenvalue weighted by Crippen LogP contribution is -2.26. The average molecular weight is 167 g/mol. The molecule has 0 N–H and O–H groups in total. The van der Waals surface area contributed by atoms with E-state index in [-0.39, 0.29) is 0 Å². The Labute approximate surface area is 71.6 Å². The Morgan fingerprint density at radius 2 is 2.33 bits per heavy atom. The molecule has 1 aromatic heterocycles. The predicted octanol–water partition coefficient (Wildman–Crippen LogP) is 1.37. The van der Waals surface area contributed by atoms with Crippen LogP contribution >= 0.6 is 0 Å². The maximum absolute atomic E-state index is 4.92. The van der Waals surface area contributed by atoms with Crippen molar-refractivity contribution in [2.24, 2.45) is 0 Å². The van der Waals surface area contributed by atoms with Crippen LogP contribution in [0.4, 0.5) is 5.95 Å². The van der Waals surface area contributed by atoms with Crippen LogP contribution in [0.15, 0.2) is 4.52 Å². The maximum atomic E-state index is 4.92. The summed E-state index contributed by atoms with van der Waals surface area (Å²) in [6.45, 7) is 4.89. The van der Waals surface area contributed by atoms with Crippen molar-refractivity contribution in [2.45, 2.75) is 32.7 Å². The molecule has 0 amide bonds. The predicted molar refractivity (Wildman–Crippen MR) is 45.1 cm³/mol. The van der Waals surface area contributed by atoms with Gasteiger partial charge >= 0.3 is 0 Å². The molecule has 0 unspecified atom stereocenters. The Balaban J connectivity index is 2.15. The summed E-state index contributed by atoms with van der Waals surface area (Å²) in [5.74, 6) is 1.39. The van der Waals surface area contributed by atoms with E-state index in [1.54, 1.807) is 0 Å². The number of rotatable bonds is 3. The number of hydrogen-bond donors (Lipinski definition) is 0. The molecule has 12 heavy (non-hydrogen) atoms. The van der Waals surface area contributed by atoms with E-state index in [2.05, 4.69) is 22.0 Å². The highest BCUT2D eigenvalue weighted by Gasteiger charge is 2.30. The van der Waals surface area contributed by atoms with Crippen LogP contribution < -0.4 is 4.90 Å². The molecule has 0 radical (unpaired) electrons. The second-order valence-electron chi connectivity index (χ2n) is 3.13. The summed E-state index contributed by atoms with van der Waals surface area (Å²) in [5.41, 5.74) is 0. The number of hydrogen-bond acceptors (Lipinski definition) is 4. The van der Waals surface area contributed by atoms with E-state index >= 15 is 0 Å². The first-order valence-electron chi connectivity index (χ1n) is 4.38. The molecule has 2 rings (SSSR count). The summed E-state index contributed by atoms with van der Waals surface area (Å²) >= 11 is 0. The zero-order chi connectivity index (χ0) is 8.55. The van der Waals surface area contributed by atoms with Gasteiger partial charge in [-0.05, 0) is 24.9 Å². The SMILES string of the molecule is CCN(c1noc(C)n1)C1CC1. The van der Waals surface area contributed by atoms with E-state index in [1.165, 1.54) is 12.8 Å². The third-order valence-corrected chi connectivity index (χ3v) is 2.10. The zero-order valence-electron chi connectivity index (χ0n) is 7.45.